The number of ketones is 1. The lowest BCUT2D eigenvalue weighted by molar-refractivity contribution is 0.0992. The number of furan rings is 1. The van der Waals surface area contributed by atoms with Crippen molar-refractivity contribution in [2.45, 2.75) is 6.92 Å². The molecule has 2 aromatic heterocycles. The molecule has 4 rings (SSSR count). The van der Waals surface area contributed by atoms with Crippen LogP contribution in [0.15, 0.2) is 65.1 Å². The van der Waals surface area contributed by atoms with Gasteiger partial charge in [-0.05, 0) is 43.3 Å². The molecule has 0 saturated carbocycles. The Morgan fingerprint density at radius 1 is 1.04 bits per heavy atom. The Morgan fingerprint density at radius 3 is 2.69 bits per heavy atom. The molecular formula is C20H14N2O3S. The first-order chi connectivity index (χ1) is 12.6. The number of fused-ring (bicyclic) bond motifs is 1. The highest BCUT2D eigenvalue weighted by Crippen LogP contribution is 2.31. The van der Waals surface area contributed by atoms with Gasteiger partial charge in [-0.25, -0.2) is 4.98 Å². The number of Topliss-reactive ketones (excluding diaryl/α,β-unsaturated/α-hetero) is 1. The quantitative estimate of drug-likeness (QED) is 0.518. The van der Waals surface area contributed by atoms with E-state index < -0.39 is 0 Å². The van der Waals surface area contributed by atoms with E-state index in [1.165, 1.54) is 18.3 Å². The largest absolute Gasteiger partial charge is 0.448 e. The van der Waals surface area contributed by atoms with Gasteiger partial charge < -0.3 is 9.73 Å². The third kappa shape index (κ3) is 3.14. The minimum Gasteiger partial charge on any atom is -0.448 e. The first-order valence-electron chi connectivity index (χ1n) is 7.98. The molecule has 0 aliphatic carbocycles. The van der Waals surface area contributed by atoms with Gasteiger partial charge in [-0.1, -0.05) is 24.3 Å². The molecule has 0 unspecified atom stereocenters. The summed E-state index contributed by atoms with van der Waals surface area (Å²) in [6.07, 6.45) is 0. The summed E-state index contributed by atoms with van der Waals surface area (Å²) in [5.41, 5.74) is 1.98. The summed E-state index contributed by atoms with van der Waals surface area (Å²) in [7, 11) is 0. The molecule has 6 heteroatoms. The number of benzene rings is 2. The van der Waals surface area contributed by atoms with Gasteiger partial charge in [0.25, 0.3) is 5.91 Å². The first kappa shape index (κ1) is 16.2. The fraction of sp³-hybridized carbons (Fsp3) is 0.0500. The third-order valence-corrected chi connectivity index (χ3v) is 4.91. The van der Waals surface area contributed by atoms with E-state index in [1.807, 2.05) is 24.3 Å². The lowest BCUT2D eigenvalue weighted by Crippen LogP contribution is -2.11. The normalized spacial score (nSPS) is 10.8. The molecule has 1 N–H and O–H groups in total. The number of hydrogen-bond acceptors (Lipinski definition) is 5. The van der Waals surface area contributed by atoms with Gasteiger partial charge in [0, 0.05) is 11.3 Å². The summed E-state index contributed by atoms with van der Waals surface area (Å²) in [5.74, 6) is 0.302. The van der Waals surface area contributed by atoms with Gasteiger partial charge >= 0.3 is 0 Å². The predicted octanol–water partition coefficient (Wildman–Crippen LogP) is 5.01. The van der Waals surface area contributed by atoms with Crippen molar-refractivity contribution in [1.82, 2.24) is 4.98 Å². The molecule has 0 saturated heterocycles. The zero-order chi connectivity index (χ0) is 18.1. The predicted molar refractivity (Wildman–Crippen MR) is 102 cm³/mol. The van der Waals surface area contributed by atoms with E-state index in [2.05, 4.69) is 10.3 Å². The number of rotatable bonds is 4. The minimum absolute atomic E-state index is 0.0581. The van der Waals surface area contributed by atoms with E-state index >= 15 is 0 Å². The standard InChI is InChI=1S/C20H14N2O3S/c1-12(23)13-5-4-6-14(11-13)21-19(24)16-9-10-17(25-16)20-22-15-7-2-3-8-18(15)26-20/h2-11H,1H3,(H,21,24). The fourth-order valence-corrected chi connectivity index (χ4v) is 3.49. The van der Waals surface area contributed by atoms with Crippen molar-refractivity contribution >= 4 is 38.9 Å². The summed E-state index contributed by atoms with van der Waals surface area (Å²) in [6, 6.07) is 18.0. The highest BCUT2D eigenvalue weighted by molar-refractivity contribution is 7.21. The maximum Gasteiger partial charge on any atom is 0.291 e. The Labute approximate surface area is 153 Å². The molecule has 0 atom stereocenters. The van der Waals surface area contributed by atoms with E-state index in [1.54, 1.807) is 36.4 Å². The Bertz CT molecular complexity index is 1090. The van der Waals surface area contributed by atoms with Gasteiger partial charge in [-0.2, -0.15) is 0 Å². The number of anilines is 1. The number of carbonyl (C=O) groups is 2. The van der Waals surface area contributed by atoms with Gasteiger partial charge in [0.2, 0.25) is 0 Å². The molecular weight excluding hydrogens is 348 g/mol. The van der Waals surface area contributed by atoms with Crippen LogP contribution < -0.4 is 5.32 Å². The lowest BCUT2D eigenvalue weighted by atomic mass is 10.1. The number of hydrogen-bond donors (Lipinski definition) is 1. The van der Waals surface area contributed by atoms with Gasteiger partial charge in [0.1, 0.15) is 0 Å². The summed E-state index contributed by atoms with van der Waals surface area (Å²) in [6.45, 7) is 1.48. The van der Waals surface area contributed by atoms with E-state index in [0.29, 0.717) is 17.0 Å². The summed E-state index contributed by atoms with van der Waals surface area (Å²) < 4.78 is 6.74. The van der Waals surface area contributed by atoms with Crippen LogP contribution in [0.1, 0.15) is 27.8 Å². The van der Waals surface area contributed by atoms with Crippen LogP contribution in [0, 0.1) is 0 Å². The molecule has 5 nitrogen and oxygen atoms in total. The first-order valence-corrected chi connectivity index (χ1v) is 8.80. The second-order valence-electron chi connectivity index (χ2n) is 5.74. The van der Waals surface area contributed by atoms with Crippen molar-refractivity contribution in [3.8, 4) is 10.8 Å². The van der Waals surface area contributed by atoms with Crippen molar-refractivity contribution in [3.63, 3.8) is 0 Å². The lowest BCUT2D eigenvalue weighted by Gasteiger charge is -2.04. The smallest absolute Gasteiger partial charge is 0.291 e. The van der Waals surface area contributed by atoms with Crippen LogP contribution in [0.3, 0.4) is 0 Å². The average Bonchev–Trinajstić information content (AvgIpc) is 3.28. The third-order valence-electron chi connectivity index (χ3n) is 3.86. The van der Waals surface area contributed by atoms with Crippen LogP contribution in [0.4, 0.5) is 5.69 Å². The molecule has 4 aromatic rings. The van der Waals surface area contributed by atoms with Gasteiger partial charge in [0.05, 0.1) is 10.2 Å². The summed E-state index contributed by atoms with van der Waals surface area (Å²) >= 11 is 1.51. The van der Waals surface area contributed by atoms with Crippen LogP contribution >= 0.6 is 11.3 Å². The van der Waals surface area contributed by atoms with Crippen LogP contribution in [0.5, 0.6) is 0 Å². The molecule has 128 valence electrons. The molecule has 0 bridgehead atoms. The molecule has 0 radical (unpaired) electrons. The van der Waals surface area contributed by atoms with Crippen molar-refractivity contribution in [1.29, 1.82) is 0 Å². The maximum absolute atomic E-state index is 12.4. The molecule has 26 heavy (non-hydrogen) atoms. The second kappa shape index (κ2) is 6.57. The van der Waals surface area contributed by atoms with Crippen LogP contribution in [0.2, 0.25) is 0 Å². The Balaban J connectivity index is 1.56. The topological polar surface area (TPSA) is 72.2 Å². The van der Waals surface area contributed by atoms with Gasteiger partial charge in [-0.3, -0.25) is 9.59 Å². The van der Waals surface area contributed by atoms with Crippen LogP contribution in [-0.4, -0.2) is 16.7 Å². The molecule has 0 aliphatic heterocycles. The number of nitrogens with zero attached hydrogens (tertiary/aromatic N) is 1. The van der Waals surface area contributed by atoms with Crippen molar-refractivity contribution in [2.24, 2.45) is 0 Å². The fourth-order valence-electron chi connectivity index (χ4n) is 2.56. The number of nitrogens with one attached hydrogen (secondary N) is 1. The number of carbonyl (C=O) groups excluding carboxylic acids is 2. The summed E-state index contributed by atoms with van der Waals surface area (Å²) in [5, 5.41) is 3.47. The number of amides is 1. The summed E-state index contributed by atoms with van der Waals surface area (Å²) in [4.78, 5) is 28.4. The average molecular weight is 362 g/mol. The molecule has 2 aromatic carbocycles. The van der Waals surface area contributed by atoms with Gasteiger partial charge in [-0.15, -0.1) is 11.3 Å². The van der Waals surface area contributed by atoms with E-state index in [9.17, 15) is 9.59 Å². The van der Waals surface area contributed by atoms with Crippen molar-refractivity contribution in [2.75, 3.05) is 5.32 Å². The van der Waals surface area contributed by atoms with Crippen LogP contribution in [-0.2, 0) is 0 Å². The zero-order valence-corrected chi connectivity index (χ0v) is 14.7. The minimum atomic E-state index is -0.377. The molecule has 2 heterocycles. The molecule has 0 spiro atoms. The van der Waals surface area contributed by atoms with Crippen molar-refractivity contribution in [3.05, 3.63) is 72.0 Å². The molecule has 0 aliphatic rings. The second-order valence-corrected chi connectivity index (χ2v) is 6.77. The zero-order valence-electron chi connectivity index (χ0n) is 13.9. The number of thiazole rings is 1. The van der Waals surface area contributed by atoms with E-state index in [-0.39, 0.29) is 17.5 Å². The monoisotopic (exact) mass is 362 g/mol. The molecule has 1 amide bonds. The highest BCUT2D eigenvalue weighted by atomic mass is 32.1. The maximum atomic E-state index is 12.4. The number of para-hydroxylation sites is 1. The van der Waals surface area contributed by atoms with E-state index in [4.69, 9.17) is 4.42 Å². The van der Waals surface area contributed by atoms with Crippen molar-refractivity contribution < 1.29 is 14.0 Å². The Kier molecular flexibility index (Phi) is 4.10. The highest BCUT2D eigenvalue weighted by Gasteiger charge is 2.15. The van der Waals surface area contributed by atoms with Gasteiger partial charge in [0.15, 0.2) is 22.3 Å². The number of aromatic nitrogens is 1. The van der Waals surface area contributed by atoms with E-state index in [0.717, 1.165) is 15.2 Å². The Morgan fingerprint density at radius 2 is 1.88 bits per heavy atom. The SMILES string of the molecule is CC(=O)c1cccc(NC(=O)c2ccc(-c3nc4ccccc4s3)o2)c1. The molecule has 0 fully saturated rings. The Hall–Kier alpha value is -3.25. The van der Waals surface area contributed by atoms with Crippen LogP contribution in [0.25, 0.3) is 21.0 Å².